The highest BCUT2D eigenvalue weighted by Gasteiger charge is 2.21. The maximum atomic E-state index is 12.5. The summed E-state index contributed by atoms with van der Waals surface area (Å²) in [5.41, 5.74) is 0.998. The van der Waals surface area contributed by atoms with Crippen LogP contribution < -0.4 is 15.0 Å². The average Bonchev–Trinajstić information content (AvgIpc) is 2.65. The highest BCUT2D eigenvalue weighted by molar-refractivity contribution is 5.96. The van der Waals surface area contributed by atoms with Crippen molar-refractivity contribution in [2.75, 3.05) is 31.6 Å². The van der Waals surface area contributed by atoms with Gasteiger partial charge >= 0.3 is 0 Å². The van der Waals surface area contributed by atoms with E-state index >= 15 is 0 Å². The molecule has 24 heavy (non-hydrogen) atoms. The summed E-state index contributed by atoms with van der Waals surface area (Å²) in [4.78, 5) is 14.5. The van der Waals surface area contributed by atoms with Crippen molar-refractivity contribution >= 4 is 22.4 Å². The van der Waals surface area contributed by atoms with Gasteiger partial charge in [0.2, 0.25) is 5.91 Å². The molecule has 4 nitrogen and oxygen atoms in total. The summed E-state index contributed by atoms with van der Waals surface area (Å²) in [5.74, 6) is 1.63. The van der Waals surface area contributed by atoms with Crippen molar-refractivity contribution in [1.29, 1.82) is 0 Å². The van der Waals surface area contributed by atoms with E-state index in [1.54, 1.807) is 7.11 Å². The second-order valence-electron chi connectivity index (χ2n) is 6.45. The van der Waals surface area contributed by atoms with Crippen LogP contribution in [0.1, 0.15) is 26.2 Å². The number of benzene rings is 2. The van der Waals surface area contributed by atoms with Gasteiger partial charge in [-0.05, 0) is 66.9 Å². The first-order valence-electron chi connectivity index (χ1n) is 8.80. The van der Waals surface area contributed by atoms with E-state index in [-0.39, 0.29) is 5.91 Å². The maximum Gasteiger partial charge on any atom is 0.226 e. The summed E-state index contributed by atoms with van der Waals surface area (Å²) in [6, 6.07) is 12.3. The van der Waals surface area contributed by atoms with Crippen molar-refractivity contribution in [3.8, 4) is 5.75 Å². The Morgan fingerprint density at radius 1 is 1.17 bits per heavy atom. The fourth-order valence-electron chi connectivity index (χ4n) is 3.37. The van der Waals surface area contributed by atoms with Gasteiger partial charge in [0.15, 0.2) is 0 Å². The number of methoxy groups -OCH3 is 1. The Balaban J connectivity index is 1.88. The van der Waals surface area contributed by atoms with Crippen molar-refractivity contribution in [3.63, 3.8) is 0 Å². The van der Waals surface area contributed by atoms with Gasteiger partial charge in [-0.15, -0.1) is 0 Å². The molecule has 2 aromatic rings. The molecule has 0 spiro atoms. The zero-order chi connectivity index (χ0) is 16.9. The molecule has 1 heterocycles. The van der Waals surface area contributed by atoms with Gasteiger partial charge in [0, 0.05) is 18.7 Å². The number of nitrogens with zero attached hydrogens (tertiary/aromatic N) is 1. The third kappa shape index (κ3) is 3.70. The molecule has 0 atom stereocenters. The molecular formula is C20H26N2O2. The first-order chi connectivity index (χ1) is 11.7. The molecule has 0 aromatic heterocycles. The first kappa shape index (κ1) is 16.8. The van der Waals surface area contributed by atoms with Crippen LogP contribution in [0.3, 0.4) is 0 Å². The van der Waals surface area contributed by atoms with Gasteiger partial charge in [-0.2, -0.15) is 0 Å². The summed E-state index contributed by atoms with van der Waals surface area (Å²) in [7, 11) is 1.68. The van der Waals surface area contributed by atoms with E-state index in [0.29, 0.717) is 12.3 Å². The molecule has 0 unspecified atom stereocenters. The molecule has 128 valence electrons. The third-order valence-corrected chi connectivity index (χ3v) is 4.85. The van der Waals surface area contributed by atoms with E-state index in [9.17, 15) is 4.79 Å². The number of amides is 1. The number of rotatable bonds is 5. The van der Waals surface area contributed by atoms with E-state index in [1.165, 1.54) is 0 Å². The zero-order valence-corrected chi connectivity index (χ0v) is 14.5. The highest BCUT2D eigenvalue weighted by Crippen LogP contribution is 2.27. The lowest BCUT2D eigenvalue weighted by atomic mass is 9.97. The van der Waals surface area contributed by atoms with Gasteiger partial charge in [0.25, 0.3) is 0 Å². The van der Waals surface area contributed by atoms with E-state index < -0.39 is 0 Å². The predicted octanol–water partition coefficient (Wildman–Crippen LogP) is 3.59. The summed E-state index contributed by atoms with van der Waals surface area (Å²) in [6.45, 7) is 4.85. The number of ether oxygens (including phenoxy) is 1. The van der Waals surface area contributed by atoms with Crippen LogP contribution >= 0.6 is 0 Å². The number of nitrogens with one attached hydrogen (secondary N) is 1. The minimum atomic E-state index is 0.196. The molecule has 0 radical (unpaired) electrons. The van der Waals surface area contributed by atoms with Crippen molar-refractivity contribution in [2.45, 2.75) is 26.2 Å². The molecule has 1 aliphatic heterocycles. The van der Waals surface area contributed by atoms with Crippen LogP contribution in [0, 0.1) is 5.92 Å². The van der Waals surface area contributed by atoms with Crippen molar-refractivity contribution in [1.82, 2.24) is 5.32 Å². The van der Waals surface area contributed by atoms with Crippen LogP contribution in [0.15, 0.2) is 36.4 Å². The Bertz CT molecular complexity index is 708. The third-order valence-electron chi connectivity index (χ3n) is 4.85. The van der Waals surface area contributed by atoms with Crippen molar-refractivity contribution < 1.29 is 9.53 Å². The van der Waals surface area contributed by atoms with Crippen LogP contribution in [0.5, 0.6) is 5.75 Å². The monoisotopic (exact) mass is 326 g/mol. The topological polar surface area (TPSA) is 41.6 Å². The summed E-state index contributed by atoms with van der Waals surface area (Å²) in [6.07, 6.45) is 2.81. The largest absolute Gasteiger partial charge is 0.497 e. The van der Waals surface area contributed by atoms with Crippen LogP contribution in [0.25, 0.3) is 10.8 Å². The molecule has 4 heteroatoms. The Kier molecular flexibility index (Phi) is 5.36. The van der Waals surface area contributed by atoms with E-state index in [2.05, 4.69) is 29.6 Å². The van der Waals surface area contributed by atoms with Gasteiger partial charge in [0.05, 0.1) is 7.11 Å². The zero-order valence-electron chi connectivity index (χ0n) is 14.5. The second kappa shape index (κ2) is 7.67. The van der Waals surface area contributed by atoms with Crippen LogP contribution in [-0.2, 0) is 4.79 Å². The van der Waals surface area contributed by atoms with Gasteiger partial charge in [-0.25, -0.2) is 0 Å². The summed E-state index contributed by atoms with van der Waals surface area (Å²) in [5, 5.41) is 5.65. The SMILES string of the molecule is CCC(=O)N(CC1CCNCC1)c1ccc2cc(OC)ccc2c1. The average molecular weight is 326 g/mol. The van der Waals surface area contributed by atoms with Gasteiger partial charge < -0.3 is 15.0 Å². The number of fused-ring (bicyclic) bond motifs is 1. The molecule has 1 aliphatic rings. The lowest BCUT2D eigenvalue weighted by molar-refractivity contribution is -0.118. The lowest BCUT2D eigenvalue weighted by Gasteiger charge is -2.30. The Labute approximate surface area is 143 Å². The van der Waals surface area contributed by atoms with E-state index in [0.717, 1.165) is 54.7 Å². The minimum Gasteiger partial charge on any atom is -0.497 e. The molecule has 2 aromatic carbocycles. The normalized spacial score (nSPS) is 15.4. The summed E-state index contributed by atoms with van der Waals surface area (Å²) >= 11 is 0. The number of piperidine rings is 1. The molecule has 3 rings (SSSR count). The predicted molar refractivity (Wildman–Crippen MR) is 98.7 cm³/mol. The quantitative estimate of drug-likeness (QED) is 0.913. The number of carbonyl (C=O) groups excluding carboxylic acids is 1. The van der Waals surface area contributed by atoms with Crippen molar-refractivity contribution in [2.24, 2.45) is 5.92 Å². The molecule has 1 amide bonds. The second-order valence-corrected chi connectivity index (χ2v) is 6.45. The molecule has 1 N–H and O–H groups in total. The molecule has 0 saturated carbocycles. The smallest absolute Gasteiger partial charge is 0.226 e. The Hall–Kier alpha value is -2.07. The van der Waals surface area contributed by atoms with E-state index in [4.69, 9.17) is 4.74 Å². The number of hydrogen-bond donors (Lipinski definition) is 1. The Morgan fingerprint density at radius 2 is 1.88 bits per heavy atom. The standard InChI is InChI=1S/C20H26N2O2/c1-3-20(23)22(14-15-8-10-21-11-9-15)18-6-4-17-13-19(24-2)7-5-16(17)12-18/h4-7,12-13,15,21H,3,8-11,14H2,1-2H3. The van der Waals surface area contributed by atoms with Crippen LogP contribution in [-0.4, -0.2) is 32.7 Å². The Morgan fingerprint density at radius 3 is 2.58 bits per heavy atom. The van der Waals surface area contributed by atoms with Crippen molar-refractivity contribution in [3.05, 3.63) is 36.4 Å². The van der Waals surface area contributed by atoms with Crippen LogP contribution in [0.2, 0.25) is 0 Å². The summed E-state index contributed by atoms with van der Waals surface area (Å²) < 4.78 is 5.29. The highest BCUT2D eigenvalue weighted by atomic mass is 16.5. The lowest BCUT2D eigenvalue weighted by Crippen LogP contribution is -2.39. The number of carbonyl (C=O) groups is 1. The van der Waals surface area contributed by atoms with Gasteiger partial charge in [-0.1, -0.05) is 19.1 Å². The minimum absolute atomic E-state index is 0.196. The van der Waals surface area contributed by atoms with E-state index in [1.807, 2.05) is 24.0 Å². The molecule has 0 bridgehead atoms. The molecule has 1 fully saturated rings. The van der Waals surface area contributed by atoms with Gasteiger partial charge in [-0.3, -0.25) is 4.79 Å². The van der Waals surface area contributed by atoms with Gasteiger partial charge in [0.1, 0.15) is 5.75 Å². The fourth-order valence-corrected chi connectivity index (χ4v) is 3.37. The molecule has 0 aliphatic carbocycles. The fraction of sp³-hybridized carbons (Fsp3) is 0.450. The maximum absolute atomic E-state index is 12.5. The van der Waals surface area contributed by atoms with Crippen LogP contribution in [0.4, 0.5) is 5.69 Å². The number of anilines is 1. The molecule has 1 saturated heterocycles. The first-order valence-corrected chi connectivity index (χ1v) is 8.80. The molecular weight excluding hydrogens is 300 g/mol. The number of hydrogen-bond acceptors (Lipinski definition) is 3.